The minimum Gasteiger partial charge on any atom is -0.447 e. The van der Waals surface area contributed by atoms with Crippen LogP contribution < -0.4 is 10.2 Å². The third kappa shape index (κ3) is 4.43. The first-order chi connectivity index (χ1) is 16.1. The van der Waals surface area contributed by atoms with Gasteiger partial charge in [0, 0.05) is 25.8 Å². The SMILES string of the molecule is C[C@H](Nc1nccc(N2C(=O)OC[C@@H]2C2CC2)n1)c1ccc(CN2CC3CCC(C3)C2)cc1. The molecule has 2 aliphatic carbocycles. The number of carbonyl (C=O) groups is 1. The highest BCUT2D eigenvalue weighted by molar-refractivity contribution is 5.89. The van der Waals surface area contributed by atoms with Crippen LogP contribution in [-0.2, 0) is 11.3 Å². The number of piperidine rings is 1. The number of anilines is 2. The number of carbonyl (C=O) groups excluding carboxylic acids is 1. The molecule has 174 valence electrons. The number of cyclic esters (lactones) is 1. The molecule has 2 aromatic rings. The van der Waals surface area contributed by atoms with E-state index in [9.17, 15) is 4.79 Å². The quantitative estimate of drug-likeness (QED) is 0.668. The minimum absolute atomic E-state index is 0.0601. The summed E-state index contributed by atoms with van der Waals surface area (Å²) in [5, 5.41) is 3.41. The van der Waals surface area contributed by atoms with Gasteiger partial charge in [-0.3, -0.25) is 9.80 Å². The number of hydrogen-bond donors (Lipinski definition) is 1. The van der Waals surface area contributed by atoms with Crippen LogP contribution in [0.2, 0.25) is 0 Å². The van der Waals surface area contributed by atoms with Crippen LogP contribution in [0.4, 0.5) is 16.6 Å². The van der Waals surface area contributed by atoms with Crippen LogP contribution in [-0.4, -0.2) is 46.7 Å². The van der Waals surface area contributed by atoms with Crippen molar-refractivity contribution in [1.29, 1.82) is 0 Å². The van der Waals surface area contributed by atoms with Gasteiger partial charge in [0.1, 0.15) is 12.4 Å². The molecule has 0 spiro atoms. The first-order valence-electron chi connectivity index (χ1n) is 12.5. The normalized spacial score (nSPS) is 28.1. The van der Waals surface area contributed by atoms with Gasteiger partial charge in [0.05, 0.1) is 12.1 Å². The smallest absolute Gasteiger partial charge is 0.415 e. The van der Waals surface area contributed by atoms with E-state index in [1.807, 2.05) is 0 Å². The number of fused-ring (bicyclic) bond motifs is 2. The molecule has 4 fully saturated rings. The second-order valence-electron chi connectivity index (χ2n) is 10.4. The molecule has 2 bridgehead atoms. The largest absolute Gasteiger partial charge is 0.447 e. The van der Waals surface area contributed by atoms with Crippen molar-refractivity contribution >= 4 is 17.9 Å². The Morgan fingerprint density at radius 1 is 1.09 bits per heavy atom. The van der Waals surface area contributed by atoms with E-state index in [0.717, 1.165) is 31.2 Å². The number of aromatic nitrogens is 2. The van der Waals surface area contributed by atoms with Crippen molar-refractivity contribution in [2.45, 2.75) is 57.7 Å². The molecule has 1 aromatic heterocycles. The van der Waals surface area contributed by atoms with Crippen molar-refractivity contribution in [3.05, 3.63) is 47.7 Å². The summed E-state index contributed by atoms with van der Waals surface area (Å²) in [4.78, 5) is 25.7. The Balaban J connectivity index is 1.10. The topological polar surface area (TPSA) is 70.6 Å². The van der Waals surface area contributed by atoms with Crippen LogP contribution in [0.15, 0.2) is 36.5 Å². The van der Waals surface area contributed by atoms with E-state index in [-0.39, 0.29) is 18.2 Å². The number of benzene rings is 1. The molecule has 2 saturated heterocycles. The molecule has 1 amide bonds. The Bertz CT molecular complexity index is 996. The molecule has 6 rings (SSSR count). The highest BCUT2D eigenvalue weighted by Gasteiger charge is 2.44. The number of nitrogens with zero attached hydrogens (tertiary/aromatic N) is 4. The van der Waals surface area contributed by atoms with Gasteiger partial charge < -0.3 is 10.1 Å². The lowest BCUT2D eigenvalue weighted by molar-refractivity contribution is 0.161. The lowest BCUT2D eigenvalue weighted by Gasteiger charge is -2.31. The van der Waals surface area contributed by atoms with Gasteiger partial charge in [-0.25, -0.2) is 9.78 Å². The second-order valence-corrected chi connectivity index (χ2v) is 10.4. The number of amides is 1. The second kappa shape index (κ2) is 8.60. The highest BCUT2D eigenvalue weighted by atomic mass is 16.6. The monoisotopic (exact) mass is 447 g/mol. The molecule has 2 saturated carbocycles. The Labute approximate surface area is 195 Å². The molecule has 2 aliphatic heterocycles. The molecule has 33 heavy (non-hydrogen) atoms. The van der Waals surface area contributed by atoms with Gasteiger partial charge in [-0.2, -0.15) is 4.98 Å². The molecule has 4 aliphatic rings. The lowest BCUT2D eigenvalue weighted by Crippen LogP contribution is -2.35. The highest BCUT2D eigenvalue weighted by Crippen LogP contribution is 2.40. The van der Waals surface area contributed by atoms with Crippen molar-refractivity contribution in [1.82, 2.24) is 14.9 Å². The third-order valence-electron chi connectivity index (χ3n) is 7.87. The Hall–Kier alpha value is -2.67. The minimum atomic E-state index is -0.304. The lowest BCUT2D eigenvalue weighted by atomic mass is 9.98. The fourth-order valence-electron chi connectivity index (χ4n) is 5.97. The van der Waals surface area contributed by atoms with Crippen molar-refractivity contribution < 1.29 is 9.53 Å². The Kier molecular flexibility index (Phi) is 5.45. The van der Waals surface area contributed by atoms with Crippen molar-refractivity contribution in [3.8, 4) is 0 Å². The van der Waals surface area contributed by atoms with Crippen molar-refractivity contribution in [2.75, 3.05) is 29.9 Å². The predicted molar refractivity (Wildman–Crippen MR) is 127 cm³/mol. The molecule has 4 atom stereocenters. The first-order valence-corrected chi connectivity index (χ1v) is 12.5. The maximum atomic E-state index is 12.3. The summed E-state index contributed by atoms with van der Waals surface area (Å²) in [7, 11) is 0. The standard InChI is InChI=1S/C26H33N5O2/c1-17(21-6-4-18(5-7-21)13-30-14-19-2-3-20(12-19)15-30)28-25-27-11-10-24(29-25)31-23(22-8-9-22)16-33-26(31)32/h4-7,10-11,17,19-20,22-23H,2-3,8-9,12-16H2,1H3,(H,27,28,29)/t17-,19?,20?,23+/m0/s1. The molecule has 3 heterocycles. The van der Waals surface area contributed by atoms with Gasteiger partial charge in [-0.05, 0) is 74.0 Å². The van der Waals surface area contributed by atoms with Gasteiger partial charge in [0.15, 0.2) is 0 Å². The van der Waals surface area contributed by atoms with E-state index in [2.05, 4.69) is 51.4 Å². The summed E-state index contributed by atoms with van der Waals surface area (Å²) in [6, 6.07) is 10.9. The van der Waals surface area contributed by atoms with Crippen molar-refractivity contribution in [2.24, 2.45) is 17.8 Å². The molecule has 0 radical (unpaired) electrons. The van der Waals surface area contributed by atoms with E-state index in [1.165, 1.54) is 43.5 Å². The number of likely N-dealkylation sites (tertiary alicyclic amines) is 1. The Morgan fingerprint density at radius 2 is 1.85 bits per heavy atom. The molecule has 7 heteroatoms. The zero-order valence-electron chi connectivity index (χ0n) is 19.3. The van der Waals surface area contributed by atoms with Gasteiger partial charge >= 0.3 is 6.09 Å². The summed E-state index contributed by atoms with van der Waals surface area (Å²) in [6.07, 6.45) is 8.00. The summed E-state index contributed by atoms with van der Waals surface area (Å²) < 4.78 is 5.31. The van der Waals surface area contributed by atoms with Gasteiger partial charge in [-0.1, -0.05) is 24.3 Å². The maximum absolute atomic E-state index is 12.3. The number of nitrogens with one attached hydrogen (secondary N) is 1. The molecule has 7 nitrogen and oxygen atoms in total. The average molecular weight is 448 g/mol. The Morgan fingerprint density at radius 3 is 2.58 bits per heavy atom. The van der Waals surface area contributed by atoms with Crippen molar-refractivity contribution in [3.63, 3.8) is 0 Å². The van der Waals surface area contributed by atoms with Gasteiger partial charge in [-0.15, -0.1) is 0 Å². The van der Waals surface area contributed by atoms with Gasteiger partial charge in [0.2, 0.25) is 5.95 Å². The average Bonchev–Trinajstić information content (AvgIpc) is 3.51. The van der Waals surface area contributed by atoms with Crippen LogP contribution >= 0.6 is 0 Å². The summed E-state index contributed by atoms with van der Waals surface area (Å²) >= 11 is 0. The molecular formula is C26H33N5O2. The number of rotatable bonds is 7. The maximum Gasteiger partial charge on any atom is 0.415 e. The van der Waals surface area contributed by atoms with E-state index in [1.54, 1.807) is 17.2 Å². The van der Waals surface area contributed by atoms with E-state index in [0.29, 0.717) is 24.3 Å². The molecule has 2 unspecified atom stereocenters. The number of ether oxygens (including phenoxy) is 1. The fourth-order valence-corrected chi connectivity index (χ4v) is 5.97. The van der Waals surface area contributed by atoms with Crippen LogP contribution in [0.5, 0.6) is 0 Å². The first kappa shape index (κ1) is 20.9. The van der Waals surface area contributed by atoms with Crippen LogP contribution in [0.25, 0.3) is 0 Å². The van der Waals surface area contributed by atoms with E-state index >= 15 is 0 Å². The van der Waals surface area contributed by atoms with Crippen LogP contribution in [0.3, 0.4) is 0 Å². The summed E-state index contributed by atoms with van der Waals surface area (Å²) in [6.45, 7) is 6.14. The molecular weight excluding hydrogens is 414 g/mol. The predicted octanol–water partition coefficient (Wildman–Crippen LogP) is 4.62. The number of hydrogen-bond acceptors (Lipinski definition) is 6. The summed E-state index contributed by atoms with van der Waals surface area (Å²) in [5.41, 5.74) is 2.58. The van der Waals surface area contributed by atoms with Crippen LogP contribution in [0, 0.1) is 17.8 Å². The van der Waals surface area contributed by atoms with E-state index in [4.69, 9.17) is 4.74 Å². The molecule has 1 N–H and O–H groups in total. The van der Waals surface area contributed by atoms with Crippen LogP contribution in [0.1, 0.15) is 56.2 Å². The molecule has 1 aromatic carbocycles. The zero-order chi connectivity index (χ0) is 22.4. The zero-order valence-corrected chi connectivity index (χ0v) is 19.3. The third-order valence-corrected chi connectivity index (χ3v) is 7.87. The van der Waals surface area contributed by atoms with E-state index < -0.39 is 0 Å². The summed E-state index contributed by atoms with van der Waals surface area (Å²) in [5.74, 6) is 3.52. The van der Waals surface area contributed by atoms with Gasteiger partial charge in [0.25, 0.3) is 0 Å². The fraction of sp³-hybridized carbons (Fsp3) is 0.577.